The van der Waals surface area contributed by atoms with Crippen LogP contribution in [0.1, 0.15) is 59.8 Å². The molecule has 0 heterocycles. The normalized spacial score (nSPS) is 23.9. The Labute approximate surface area is 127 Å². The van der Waals surface area contributed by atoms with Crippen LogP contribution in [0.15, 0.2) is 0 Å². The van der Waals surface area contributed by atoms with Crippen molar-refractivity contribution in [3.8, 4) is 0 Å². The number of carboxylic acid groups (broad SMARTS) is 1. The number of rotatable bonds is 6. The van der Waals surface area contributed by atoms with E-state index in [9.17, 15) is 9.59 Å². The molecule has 1 rings (SSSR count). The number of aliphatic carboxylic acids is 1. The Balaban J connectivity index is 2.55. The summed E-state index contributed by atoms with van der Waals surface area (Å²) < 4.78 is 0. The maximum atomic E-state index is 12.2. The molecule has 0 bridgehead atoms. The Morgan fingerprint density at radius 1 is 1.14 bits per heavy atom. The summed E-state index contributed by atoms with van der Waals surface area (Å²) in [7, 11) is 0. The van der Waals surface area contributed by atoms with E-state index in [1.807, 2.05) is 13.8 Å². The zero-order chi connectivity index (χ0) is 16.0. The van der Waals surface area contributed by atoms with Crippen molar-refractivity contribution in [3.63, 3.8) is 0 Å². The first-order chi connectivity index (χ1) is 9.81. The van der Waals surface area contributed by atoms with Crippen molar-refractivity contribution in [2.75, 3.05) is 0 Å². The van der Waals surface area contributed by atoms with E-state index in [0.29, 0.717) is 11.8 Å². The fourth-order valence-corrected chi connectivity index (χ4v) is 3.16. The molecule has 21 heavy (non-hydrogen) atoms. The van der Waals surface area contributed by atoms with Gasteiger partial charge in [-0.25, -0.2) is 4.79 Å². The maximum Gasteiger partial charge on any atom is 0.315 e. The average Bonchev–Trinajstić information content (AvgIpc) is 2.37. The fourth-order valence-electron chi connectivity index (χ4n) is 3.16. The molecule has 5 heteroatoms. The Kier molecular flexibility index (Phi) is 6.99. The molecule has 122 valence electrons. The summed E-state index contributed by atoms with van der Waals surface area (Å²) in [6.45, 7) is 8.24. The monoisotopic (exact) mass is 298 g/mol. The molecule has 1 aliphatic rings. The predicted molar refractivity (Wildman–Crippen MR) is 83.1 cm³/mol. The van der Waals surface area contributed by atoms with E-state index >= 15 is 0 Å². The Bertz CT molecular complexity index is 355. The van der Waals surface area contributed by atoms with E-state index < -0.39 is 5.97 Å². The van der Waals surface area contributed by atoms with Crippen molar-refractivity contribution in [3.05, 3.63) is 0 Å². The molecule has 0 aromatic carbocycles. The van der Waals surface area contributed by atoms with Gasteiger partial charge in [0.25, 0.3) is 0 Å². The van der Waals surface area contributed by atoms with Gasteiger partial charge in [-0.05, 0) is 30.6 Å². The smallest absolute Gasteiger partial charge is 0.315 e. The largest absolute Gasteiger partial charge is 0.481 e. The predicted octanol–water partition coefficient (Wildman–Crippen LogP) is 3.00. The first-order valence-corrected chi connectivity index (χ1v) is 8.10. The number of amides is 2. The minimum absolute atomic E-state index is 0.0383. The van der Waals surface area contributed by atoms with Crippen LogP contribution in [0, 0.1) is 17.8 Å². The van der Waals surface area contributed by atoms with Crippen LogP contribution in [-0.2, 0) is 4.79 Å². The molecule has 0 radical (unpaired) electrons. The molecular weight excluding hydrogens is 268 g/mol. The van der Waals surface area contributed by atoms with Crippen LogP contribution in [0.5, 0.6) is 0 Å². The second kappa shape index (κ2) is 8.25. The van der Waals surface area contributed by atoms with Crippen LogP contribution in [0.25, 0.3) is 0 Å². The second-order valence-electron chi connectivity index (χ2n) is 6.86. The van der Waals surface area contributed by atoms with Crippen molar-refractivity contribution in [2.45, 2.75) is 71.9 Å². The summed E-state index contributed by atoms with van der Waals surface area (Å²) in [5.41, 5.74) is 0. The van der Waals surface area contributed by atoms with Crippen LogP contribution >= 0.6 is 0 Å². The third-order valence-corrected chi connectivity index (χ3v) is 4.51. The number of hydrogen-bond donors (Lipinski definition) is 3. The van der Waals surface area contributed by atoms with Crippen LogP contribution in [0.2, 0.25) is 0 Å². The van der Waals surface area contributed by atoms with Gasteiger partial charge < -0.3 is 15.7 Å². The zero-order valence-electron chi connectivity index (χ0n) is 13.7. The Morgan fingerprint density at radius 2 is 1.76 bits per heavy atom. The van der Waals surface area contributed by atoms with E-state index in [4.69, 9.17) is 5.11 Å². The maximum absolute atomic E-state index is 12.2. The standard InChI is InChI=1S/C16H30N2O3/c1-10(2)12-7-5-6-8-13(12)17-16(21)18-14(11(3)4)9-15(19)20/h10-14H,5-9H2,1-4H3,(H,19,20)(H2,17,18,21). The van der Waals surface area contributed by atoms with Gasteiger partial charge in [-0.1, -0.05) is 40.5 Å². The van der Waals surface area contributed by atoms with Gasteiger partial charge in [0.05, 0.1) is 6.42 Å². The van der Waals surface area contributed by atoms with E-state index in [1.54, 1.807) is 0 Å². The van der Waals surface area contributed by atoms with Gasteiger partial charge in [0.2, 0.25) is 0 Å². The molecule has 1 fully saturated rings. The van der Waals surface area contributed by atoms with Gasteiger partial charge in [-0.15, -0.1) is 0 Å². The number of urea groups is 1. The lowest BCUT2D eigenvalue weighted by Gasteiger charge is -2.35. The fraction of sp³-hybridized carbons (Fsp3) is 0.875. The molecule has 5 nitrogen and oxygen atoms in total. The van der Waals surface area contributed by atoms with Gasteiger partial charge >= 0.3 is 12.0 Å². The van der Waals surface area contributed by atoms with Gasteiger partial charge in [0.15, 0.2) is 0 Å². The van der Waals surface area contributed by atoms with E-state index in [-0.39, 0.29) is 30.5 Å². The van der Waals surface area contributed by atoms with Gasteiger partial charge in [-0.3, -0.25) is 4.79 Å². The molecule has 0 spiro atoms. The minimum atomic E-state index is -0.883. The molecule has 0 aromatic heterocycles. The lowest BCUT2D eigenvalue weighted by molar-refractivity contribution is -0.137. The highest BCUT2D eigenvalue weighted by molar-refractivity contribution is 5.76. The number of carbonyl (C=O) groups is 2. The molecule has 1 aliphatic carbocycles. The van der Waals surface area contributed by atoms with Crippen molar-refractivity contribution < 1.29 is 14.7 Å². The quantitative estimate of drug-likeness (QED) is 0.705. The summed E-state index contributed by atoms with van der Waals surface area (Å²) in [4.78, 5) is 23.0. The minimum Gasteiger partial charge on any atom is -0.481 e. The molecule has 2 amide bonds. The molecule has 0 saturated heterocycles. The van der Waals surface area contributed by atoms with E-state index in [0.717, 1.165) is 19.3 Å². The number of hydrogen-bond acceptors (Lipinski definition) is 2. The zero-order valence-corrected chi connectivity index (χ0v) is 13.7. The first kappa shape index (κ1) is 17.8. The highest BCUT2D eigenvalue weighted by Gasteiger charge is 2.29. The van der Waals surface area contributed by atoms with Crippen molar-refractivity contribution in [1.29, 1.82) is 0 Å². The molecule has 3 N–H and O–H groups in total. The Morgan fingerprint density at radius 3 is 2.29 bits per heavy atom. The Hall–Kier alpha value is -1.26. The highest BCUT2D eigenvalue weighted by atomic mass is 16.4. The van der Waals surface area contributed by atoms with Crippen molar-refractivity contribution in [1.82, 2.24) is 10.6 Å². The number of carbonyl (C=O) groups excluding carboxylic acids is 1. The van der Waals surface area contributed by atoms with Crippen LogP contribution in [0.4, 0.5) is 4.79 Å². The molecular formula is C16H30N2O3. The molecule has 3 atom stereocenters. The molecule has 3 unspecified atom stereocenters. The summed E-state index contributed by atoms with van der Waals surface area (Å²) in [6.07, 6.45) is 4.52. The SMILES string of the molecule is CC(C)C(CC(=O)O)NC(=O)NC1CCCCC1C(C)C. The third-order valence-electron chi connectivity index (χ3n) is 4.51. The number of carboxylic acids is 1. The van der Waals surface area contributed by atoms with Crippen LogP contribution < -0.4 is 10.6 Å². The highest BCUT2D eigenvalue weighted by Crippen LogP contribution is 2.30. The molecule has 0 aromatic rings. The van der Waals surface area contributed by atoms with E-state index in [1.165, 1.54) is 6.42 Å². The lowest BCUT2D eigenvalue weighted by atomic mass is 9.78. The summed E-state index contributed by atoms with van der Waals surface area (Å²) in [6, 6.07) is -0.354. The van der Waals surface area contributed by atoms with Crippen LogP contribution in [0.3, 0.4) is 0 Å². The van der Waals surface area contributed by atoms with Crippen LogP contribution in [-0.4, -0.2) is 29.2 Å². The number of nitrogens with one attached hydrogen (secondary N) is 2. The topological polar surface area (TPSA) is 78.4 Å². The summed E-state index contributed by atoms with van der Waals surface area (Å²) in [5.74, 6) is 0.280. The van der Waals surface area contributed by atoms with Crippen molar-refractivity contribution in [2.24, 2.45) is 17.8 Å². The van der Waals surface area contributed by atoms with Crippen molar-refractivity contribution >= 4 is 12.0 Å². The second-order valence-corrected chi connectivity index (χ2v) is 6.86. The van der Waals surface area contributed by atoms with Gasteiger partial charge in [-0.2, -0.15) is 0 Å². The van der Waals surface area contributed by atoms with E-state index in [2.05, 4.69) is 24.5 Å². The lowest BCUT2D eigenvalue weighted by Crippen LogP contribution is -2.51. The van der Waals surface area contributed by atoms with Gasteiger partial charge in [0.1, 0.15) is 0 Å². The molecule has 0 aliphatic heterocycles. The molecule has 1 saturated carbocycles. The third kappa shape index (κ3) is 5.94. The summed E-state index contributed by atoms with van der Waals surface area (Å²) >= 11 is 0. The summed E-state index contributed by atoms with van der Waals surface area (Å²) in [5, 5.41) is 14.8. The average molecular weight is 298 g/mol. The van der Waals surface area contributed by atoms with Gasteiger partial charge in [0, 0.05) is 12.1 Å². The first-order valence-electron chi connectivity index (χ1n) is 8.10.